The number of rotatable bonds is 5. The van der Waals surface area contributed by atoms with Crippen molar-refractivity contribution in [1.82, 2.24) is 14.9 Å². The Bertz CT molecular complexity index is 771. The van der Waals surface area contributed by atoms with Crippen LogP contribution < -0.4 is 10.6 Å². The minimum Gasteiger partial charge on any atom is -0.355 e. The van der Waals surface area contributed by atoms with Gasteiger partial charge in [0.2, 0.25) is 17.8 Å². The zero-order chi connectivity index (χ0) is 16.6. The Morgan fingerprint density at radius 1 is 1.43 bits per heavy atom. The molecule has 0 aliphatic heterocycles. The van der Waals surface area contributed by atoms with Crippen LogP contribution in [0.2, 0.25) is 5.02 Å². The molecule has 1 heterocycles. The van der Waals surface area contributed by atoms with E-state index in [0.717, 1.165) is 17.5 Å². The highest BCUT2D eigenvalue weighted by molar-refractivity contribution is 6.31. The van der Waals surface area contributed by atoms with Crippen molar-refractivity contribution in [1.29, 1.82) is 0 Å². The molecule has 2 atom stereocenters. The maximum atomic E-state index is 12.0. The van der Waals surface area contributed by atoms with Gasteiger partial charge in [0.15, 0.2) is 0 Å². The molecule has 23 heavy (non-hydrogen) atoms. The molecule has 0 radical (unpaired) electrons. The van der Waals surface area contributed by atoms with Crippen LogP contribution >= 0.6 is 11.6 Å². The summed E-state index contributed by atoms with van der Waals surface area (Å²) in [6.45, 7) is 2.39. The normalized spacial score (nSPS) is 19.6. The number of carbonyl (C=O) groups excluding carboxylic acids is 2. The first-order valence-corrected chi connectivity index (χ1v) is 8.03. The second-order valence-electron chi connectivity index (χ2n) is 6.04. The lowest BCUT2D eigenvalue weighted by Gasteiger charge is -2.06. The van der Waals surface area contributed by atoms with Crippen molar-refractivity contribution >= 4 is 40.4 Å². The van der Waals surface area contributed by atoms with Crippen LogP contribution in [0.15, 0.2) is 18.2 Å². The lowest BCUT2D eigenvalue weighted by Crippen LogP contribution is -2.29. The quantitative estimate of drug-likeness (QED) is 0.881. The van der Waals surface area contributed by atoms with Crippen molar-refractivity contribution in [3.8, 4) is 0 Å². The van der Waals surface area contributed by atoms with Gasteiger partial charge in [-0.25, -0.2) is 4.98 Å². The maximum Gasteiger partial charge on any atom is 0.228 e. The predicted molar refractivity (Wildman–Crippen MR) is 89.3 cm³/mol. The molecular weight excluding hydrogens is 316 g/mol. The average molecular weight is 335 g/mol. The van der Waals surface area contributed by atoms with E-state index in [0.29, 0.717) is 23.4 Å². The highest BCUT2D eigenvalue weighted by atomic mass is 35.5. The Hall–Kier alpha value is -2.08. The number of aryl methyl sites for hydroxylation is 1. The molecule has 2 N–H and O–H groups in total. The Kier molecular flexibility index (Phi) is 4.26. The second kappa shape index (κ2) is 6.20. The van der Waals surface area contributed by atoms with Gasteiger partial charge < -0.3 is 9.88 Å². The number of halogens is 1. The molecule has 0 spiro atoms. The molecule has 7 heteroatoms. The third-order valence-corrected chi connectivity index (χ3v) is 4.43. The van der Waals surface area contributed by atoms with Gasteiger partial charge in [-0.05, 0) is 30.5 Å². The Morgan fingerprint density at radius 2 is 2.17 bits per heavy atom. The summed E-state index contributed by atoms with van der Waals surface area (Å²) >= 11 is 5.95. The molecule has 2 unspecified atom stereocenters. The van der Waals surface area contributed by atoms with Crippen LogP contribution in [0.1, 0.15) is 19.8 Å². The van der Waals surface area contributed by atoms with Crippen LogP contribution in [-0.2, 0) is 16.6 Å². The second-order valence-corrected chi connectivity index (χ2v) is 6.47. The first kappa shape index (κ1) is 15.8. The van der Waals surface area contributed by atoms with Gasteiger partial charge in [-0.2, -0.15) is 0 Å². The lowest BCUT2D eigenvalue weighted by molar-refractivity contribution is -0.122. The topological polar surface area (TPSA) is 76.0 Å². The summed E-state index contributed by atoms with van der Waals surface area (Å²) in [5, 5.41) is 6.16. The number of hydrogen-bond donors (Lipinski definition) is 2. The van der Waals surface area contributed by atoms with Gasteiger partial charge in [0.1, 0.15) is 0 Å². The monoisotopic (exact) mass is 334 g/mol. The summed E-state index contributed by atoms with van der Waals surface area (Å²) < 4.78 is 1.80. The van der Waals surface area contributed by atoms with Crippen LogP contribution in [0, 0.1) is 11.8 Å². The summed E-state index contributed by atoms with van der Waals surface area (Å²) in [6.07, 6.45) is 1.16. The molecule has 6 nitrogen and oxygen atoms in total. The third kappa shape index (κ3) is 3.47. The minimum atomic E-state index is -0.182. The summed E-state index contributed by atoms with van der Waals surface area (Å²) in [6, 6.07) is 5.40. The number of nitrogens with zero attached hydrogens (tertiary/aromatic N) is 2. The molecule has 1 aliphatic carbocycles. The maximum absolute atomic E-state index is 12.0. The molecule has 1 aliphatic rings. The van der Waals surface area contributed by atoms with E-state index >= 15 is 0 Å². The van der Waals surface area contributed by atoms with Crippen molar-refractivity contribution in [2.24, 2.45) is 18.9 Å². The number of imidazole rings is 1. The number of anilines is 1. The van der Waals surface area contributed by atoms with E-state index in [4.69, 9.17) is 11.6 Å². The fraction of sp³-hybridized carbons (Fsp3) is 0.438. The zero-order valence-electron chi connectivity index (χ0n) is 13.1. The summed E-state index contributed by atoms with van der Waals surface area (Å²) in [4.78, 5) is 28.0. The molecule has 3 rings (SSSR count). The highest BCUT2D eigenvalue weighted by Crippen LogP contribution is 2.37. The fourth-order valence-electron chi connectivity index (χ4n) is 2.59. The first-order chi connectivity index (χ1) is 11.0. The van der Waals surface area contributed by atoms with Crippen LogP contribution in [0.4, 0.5) is 5.95 Å². The zero-order valence-corrected chi connectivity index (χ0v) is 13.9. The summed E-state index contributed by atoms with van der Waals surface area (Å²) in [7, 11) is 1.83. The smallest absolute Gasteiger partial charge is 0.228 e. The number of amides is 2. The van der Waals surface area contributed by atoms with Gasteiger partial charge in [0.25, 0.3) is 0 Å². The van der Waals surface area contributed by atoms with Crippen molar-refractivity contribution in [2.45, 2.75) is 19.8 Å². The molecule has 122 valence electrons. The highest BCUT2D eigenvalue weighted by Gasteiger charge is 2.38. The average Bonchev–Trinajstić information content (AvgIpc) is 3.15. The molecular formula is C16H19ClN4O2. The van der Waals surface area contributed by atoms with Crippen LogP contribution in [-0.4, -0.2) is 27.9 Å². The molecule has 1 saturated carbocycles. The van der Waals surface area contributed by atoms with E-state index in [2.05, 4.69) is 22.5 Å². The standard InChI is InChI=1S/C16H19ClN4O2/c1-9-7-11(9)15(23)18-6-5-14(22)20-16-19-12-8-10(17)3-4-13(12)21(16)2/h3-4,8-9,11H,5-7H2,1-2H3,(H,18,23)(H,19,20,22). The fourth-order valence-corrected chi connectivity index (χ4v) is 2.76. The van der Waals surface area contributed by atoms with Gasteiger partial charge in [-0.3, -0.25) is 14.9 Å². The van der Waals surface area contributed by atoms with Crippen molar-refractivity contribution in [3.63, 3.8) is 0 Å². The van der Waals surface area contributed by atoms with Crippen molar-refractivity contribution < 1.29 is 9.59 Å². The molecule has 1 aromatic carbocycles. The van der Waals surface area contributed by atoms with E-state index in [1.807, 2.05) is 13.1 Å². The van der Waals surface area contributed by atoms with Gasteiger partial charge in [0, 0.05) is 31.0 Å². The predicted octanol–water partition coefficient (Wildman–Crippen LogP) is 2.33. The first-order valence-electron chi connectivity index (χ1n) is 7.65. The van der Waals surface area contributed by atoms with E-state index in [1.54, 1.807) is 16.7 Å². The molecule has 2 amide bonds. The van der Waals surface area contributed by atoms with E-state index in [1.165, 1.54) is 0 Å². The molecule has 0 saturated heterocycles. The molecule has 2 aromatic rings. The SMILES string of the molecule is CC1CC1C(=O)NCCC(=O)Nc1nc2cc(Cl)ccc2n1C. The number of fused-ring (bicyclic) bond motifs is 1. The number of hydrogen-bond acceptors (Lipinski definition) is 3. The van der Waals surface area contributed by atoms with Gasteiger partial charge in [0.05, 0.1) is 11.0 Å². The number of carbonyl (C=O) groups is 2. The summed E-state index contributed by atoms with van der Waals surface area (Å²) in [5.41, 5.74) is 1.62. The van der Waals surface area contributed by atoms with E-state index in [9.17, 15) is 9.59 Å². The van der Waals surface area contributed by atoms with Crippen LogP contribution in [0.5, 0.6) is 0 Å². The van der Waals surface area contributed by atoms with Gasteiger partial charge in [-0.1, -0.05) is 18.5 Å². The van der Waals surface area contributed by atoms with E-state index in [-0.39, 0.29) is 24.2 Å². The van der Waals surface area contributed by atoms with Crippen molar-refractivity contribution in [3.05, 3.63) is 23.2 Å². The number of aromatic nitrogens is 2. The Labute approximate surface area is 139 Å². The third-order valence-electron chi connectivity index (χ3n) is 4.19. The van der Waals surface area contributed by atoms with Crippen molar-refractivity contribution in [2.75, 3.05) is 11.9 Å². The van der Waals surface area contributed by atoms with Gasteiger partial charge >= 0.3 is 0 Å². The molecule has 1 aromatic heterocycles. The minimum absolute atomic E-state index is 0.0441. The van der Waals surface area contributed by atoms with Gasteiger partial charge in [-0.15, -0.1) is 0 Å². The lowest BCUT2D eigenvalue weighted by atomic mass is 10.3. The van der Waals surface area contributed by atoms with Crippen LogP contribution in [0.25, 0.3) is 11.0 Å². The van der Waals surface area contributed by atoms with E-state index < -0.39 is 0 Å². The Morgan fingerprint density at radius 3 is 2.87 bits per heavy atom. The molecule has 1 fully saturated rings. The molecule has 0 bridgehead atoms. The Balaban J connectivity index is 1.55. The van der Waals surface area contributed by atoms with Crippen LogP contribution in [0.3, 0.4) is 0 Å². The number of nitrogens with one attached hydrogen (secondary N) is 2. The largest absolute Gasteiger partial charge is 0.355 e. The number of benzene rings is 1. The summed E-state index contributed by atoms with van der Waals surface area (Å²) in [5.74, 6) is 0.925.